The van der Waals surface area contributed by atoms with Crippen LogP contribution in [0.15, 0.2) is 27.8 Å². The molecule has 9 heteroatoms. The Morgan fingerprint density at radius 1 is 1.24 bits per heavy atom. The minimum atomic E-state index is -0.654. The number of carbonyl (C=O) groups is 1. The predicted molar refractivity (Wildman–Crippen MR) is 110 cm³/mol. The average Bonchev–Trinajstić information content (AvgIpc) is 3.17. The monoisotopic (exact) mass is 402 g/mol. The summed E-state index contributed by atoms with van der Waals surface area (Å²) in [6, 6.07) is 5.53. The molecule has 1 aromatic carbocycles. The van der Waals surface area contributed by atoms with Gasteiger partial charge in [0.05, 0.1) is 0 Å². The van der Waals surface area contributed by atoms with Crippen LogP contribution >= 0.6 is 0 Å². The fraction of sp³-hybridized carbons (Fsp3) is 0.450. The Morgan fingerprint density at radius 3 is 2.72 bits per heavy atom. The minimum Gasteiger partial charge on any atom is -0.454 e. The van der Waals surface area contributed by atoms with Crippen molar-refractivity contribution < 1.29 is 14.3 Å². The Labute approximate surface area is 168 Å². The molecule has 1 aliphatic heterocycles. The normalized spacial score (nSPS) is 12.2. The molecule has 1 amide bonds. The zero-order valence-corrected chi connectivity index (χ0v) is 16.7. The number of unbranched alkanes of at least 4 members (excludes halogenated alkanes) is 1. The van der Waals surface area contributed by atoms with Gasteiger partial charge in [0.2, 0.25) is 12.7 Å². The third-order valence-electron chi connectivity index (χ3n) is 4.90. The summed E-state index contributed by atoms with van der Waals surface area (Å²) in [7, 11) is 0. The molecule has 0 fully saturated rings. The number of benzene rings is 1. The maximum Gasteiger partial charge on any atom is 0.330 e. The summed E-state index contributed by atoms with van der Waals surface area (Å²) in [5.74, 6) is 1.11. The lowest BCUT2D eigenvalue weighted by molar-refractivity contribution is -0.118. The van der Waals surface area contributed by atoms with Gasteiger partial charge in [0.1, 0.15) is 5.82 Å². The third kappa shape index (κ3) is 4.28. The van der Waals surface area contributed by atoms with Crippen LogP contribution in [0.25, 0.3) is 0 Å². The highest BCUT2D eigenvalue weighted by atomic mass is 16.7. The molecule has 1 aliphatic rings. The SMILES string of the molecule is CCCCn1c(N)c(N(CC)C(=O)CCc2ccc3c(c2)OCO3)c(=O)[nH]c1=O. The van der Waals surface area contributed by atoms with E-state index in [0.717, 1.165) is 18.4 Å². The molecule has 0 bridgehead atoms. The standard InChI is InChI=1S/C20H26N4O5/c1-3-5-10-24-18(21)17(19(26)22-20(24)27)23(4-2)16(25)9-7-13-6-8-14-15(11-13)29-12-28-14/h6,8,11H,3-5,7,9-10,12,21H2,1-2H3,(H,22,26,27). The molecule has 2 heterocycles. The van der Waals surface area contributed by atoms with Crippen molar-refractivity contribution in [3.63, 3.8) is 0 Å². The first-order chi connectivity index (χ1) is 14.0. The van der Waals surface area contributed by atoms with E-state index in [4.69, 9.17) is 15.2 Å². The van der Waals surface area contributed by atoms with Gasteiger partial charge in [-0.3, -0.25) is 19.1 Å². The molecule has 156 valence electrons. The van der Waals surface area contributed by atoms with Crippen LogP contribution in [0, 0.1) is 0 Å². The van der Waals surface area contributed by atoms with Gasteiger partial charge in [-0.1, -0.05) is 19.4 Å². The Balaban J connectivity index is 1.80. The van der Waals surface area contributed by atoms with E-state index in [1.807, 2.05) is 25.1 Å². The number of nitrogens with two attached hydrogens (primary N) is 1. The number of ether oxygens (including phenoxy) is 2. The number of amides is 1. The lowest BCUT2D eigenvalue weighted by Crippen LogP contribution is -2.41. The summed E-state index contributed by atoms with van der Waals surface area (Å²) in [5.41, 5.74) is 5.86. The van der Waals surface area contributed by atoms with Crippen molar-refractivity contribution >= 4 is 17.4 Å². The topological polar surface area (TPSA) is 120 Å². The van der Waals surface area contributed by atoms with E-state index >= 15 is 0 Å². The first-order valence-corrected chi connectivity index (χ1v) is 9.77. The number of nitrogens with zero attached hydrogens (tertiary/aromatic N) is 2. The average molecular weight is 402 g/mol. The van der Waals surface area contributed by atoms with Crippen molar-refractivity contribution in [1.29, 1.82) is 0 Å². The van der Waals surface area contributed by atoms with E-state index in [2.05, 4.69) is 4.98 Å². The number of aromatic nitrogens is 2. The van der Waals surface area contributed by atoms with Gasteiger partial charge in [-0.05, 0) is 37.5 Å². The second-order valence-corrected chi connectivity index (χ2v) is 6.82. The van der Waals surface area contributed by atoms with Crippen LogP contribution in [0.4, 0.5) is 11.5 Å². The number of carbonyl (C=O) groups excluding carboxylic acids is 1. The van der Waals surface area contributed by atoms with Crippen LogP contribution in [0.2, 0.25) is 0 Å². The number of H-pyrrole nitrogens is 1. The second-order valence-electron chi connectivity index (χ2n) is 6.82. The molecule has 2 aromatic rings. The number of anilines is 2. The van der Waals surface area contributed by atoms with E-state index in [1.165, 1.54) is 9.47 Å². The molecule has 0 aliphatic carbocycles. The number of nitrogen functional groups attached to an aromatic ring is 1. The number of aryl methyl sites for hydroxylation is 1. The predicted octanol–water partition coefficient (Wildman–Crippen LogP) is 1.63. The third-order valence-corrected chi connectivity index (χ3v) is 4.90. The lowest BCUT2D eigenvalue weighted by atomic mass is 10.1. The Bertz CT molecular complexity index is 1010. The van der Waals surface area contributed by atoms with E-state index < -0.39 is 11.2 Å². The number of aromatic amines is 1. The number of hydrogen-bond acceptors (Lipinski definition) is 6. The molecule has 0 saturated carbocycles. The first kappa shape index (κ1) is 20.5. The minimum absolute atomic E-state index is 0.0190. The van der Waals surface area contributed by atoms with Crippen LogP contribution in [0.3, 0.4) is 0 Å². The smallest absolute Gasteiger partial charge is 0.330 e. The second kappa shape index (κ2) is 8.85. The number of fused-ring (bicyclic) bond motifs is 1. The molecular formula is C20H26N4O5. The van der Waals surface area contributed by atoms with Gasteiger partial charge >= 0.3 is 5.69 Å². The van der Waals surface area contributed by atoms with Crippen molar-refractivity contribution in [1.82, 2.24) is 9.55 Å². The molecule has 1 aromatic heterocycles. The lowest BCUT2D eigenvalue weighted by Gasteiger charge is -2.23. The van der Waals surface area contributed by atoms with Crippen LogP contribution in [-0.4, -0.2) is 28.8 Å². The molecule has 0 saturated heterocycles. The highest BCUT2D eigenvalue weighted by Gasteiger charge is 2.23. The van der Waals surface area contributed by atoms with Crippen molar-refractivity contribution in [3.05, 3.63) is 44.6 Å². The van der Waals surface area contributed by atoms with Crippen molar-refractivity contribution in [2.24, 2.45) is 0 Å². The molecular weight excluding hydrogens is 376 g/mol. The largest absolute Gasteiger partial charge is 0.454 e. The van der Waals surface area contributed by atoms with E-state index in [9.17, 15) is 14.4 Å². The highest BCUT2D eigenvalue weighted by molar-refractivity contribution is 5.95. The van der Waals surface area contributed by atoms with Gasteiger partial charge in [0, 0.05) is 19.5 Å². The zero-order chi connectivity index (χ0) is 21.0. The summed E-state index contributed by atoms with van der Waals surface area (Å²) in [4.78, 5) is 41.0. The molecule has 0 unspecified atom stereocenters. The van der Waals surface area contributed by atoms with Gasteiger partial charge < -0.3 is 20.1 Å². The fourth-order valence-electron chi connectivity index (χ4n) is 3.32. The Kier molecular flexibility index (Phi) is 6.26. The van der Waals surface area contributed by atoms with Crippen LogP contribution in [0.5, 0.6) is 11.5 Å². The molecule has 3 rings (SSSR count). The molecule has 0 atom stereocenters. The van der Waals surface area contributed by atoms with Gasteiger partial charge in [-0.25, -0.2) is 4.79 Å². The first-order valence-electron chi connectivity index (χ1n) is 9.77. The quantitative estimate of drug-likeness (QED) is 0.693. The van der Waals surface area contributed by atoms with E-state index in [-0.39, 0.29) is 37.2 Å². The summed E-state index contributed by atoms with van der Waals surface area (Å²) in [6.07, 6.45) is 2.26. The number of rotatable bonds is 8. The van der Waals surface area contributed by atoms with Gasteiger partial charge in [-0.2, -0.15) is 0 Å². The van der Waals surface area contributed by atoms with Gasteiger partial charge in [0.25, 0.3) is 5.56 Å². The molecule has 29 heavy (non-hydrogen) atoms. The summed E-state index contributed by atoms with van der Waals surface area (Å²) in [6.45, 7) is 4.59. The summed E-state index contributed by atoms with van der Waals surface area (Å²) < 4.78 is 12.0. The highest BCUT2D eigenvalue weighted by Crippen LogP contribution is 2.32. The molecule has 3 N–H and O–H groups in total. The van der Waals surface area contributed by atoms with Crippen LogP contribution in [0.1, 0.15) is 38.7 Å². The summed E-state index contributed by atoms with van der Waals surface area (Å²) in [5, 5.41) is 0. The van der Waals surface area contributed by atoms with Crippen molar-refractivity contribution in [3.8, 4) is 11.5 Å². The van der Waals surface area contributed by atoms with Crippen molar-refractivity contribution in [2.45, 2.75) is 46.1 Å². The Morgan fingerprint density at radius 2 is 2.00 bits per heavy atom. The van der Waals surface area contributed by atoms with Crippen molar-refractivity contribution in [2.75, 3.05) is 24.0 Å². The molecule has 0 radical (unpaired) electrons. The van der Waals surface area contributed by atoms with Crippen LogP contribution in [-0.2, 0) is 17.8 Å². The fourth-order valence-corrected chi connectivity index (χ4v) is 3.32. The summed E-state index contributed by atoms with van der Waals surface area (Å²) >= 11 is 0. The number of hydrogen-bond donors (Lipinski definition) is 2. The Hall–Kier alpha value is -3.23. The van der Waals surface area contributed by atoms with Crippen LogP contribution < -0.4 is 31.4 Å². The van der Waals surface area contributed by atoms with Gasteiger partial charge in [-0.15, -0.1) is 0 Å². The molecule has 9 nitrogen and oxygen atoms in total. The maximum atomic E-state index is 12.9. The zero-order valence-electron chi connectivity index (χ0n) is 16.7. The van der Waals surface area contributed by atoms with E-state index in [1.54, 1.807) is 6.92 Å². The number of nitrogens with one attached hydrogen (secondary N) is 1. The maximum absolute atomic E-state index is 12.9. The van der Waals surface area contributed by atoms with Gasteiger partial charge in [0.15, 0.2) is 17.2 Å². The molecule has 0 spiro atoms. The van der Waals surface area contributed by atoms with E-state index in [0.29, 0.717) is 24.5 Å².